The fourth-order valence-electron chi connectivity index (χ4n) is 1.41. The molecule has 0 radical (unpaired) electrons. The maximum atomic E-state index is 11.5. The number of carbonyl (C=O) groups excluding carboxylic acids is 2. The quantitative estimate of drug-likeness (QED) is 0.747. The molecule has 0 bridgehead atoms. The molecule has 112 valence electrons. The van der Waals surface area contributed by atoms with E-state index in [1.165, 1.54) is 0 Å². The molecule has 1 rings (SSSR count). The summed E-state index contributed by atoms with van der Waals surface area (Å²) in [5.74, 6) is -0.112. The van der Waals surface area contributed by atoms with Gasteiger partial charge in [-0.2, -0.15) is 0 Å². The summed E-state index contributed by atoms with van der Waals surface area (Å²) in [6, 6.07) is 7.40. The van der Waals surface area contributed by atoms with Crippen molar-refractivity contribution in [2.24, 2.45) is 11.7 Å². The van der Waals surface area contributed by atoms with Crippen molar-refractivity contribution >= 4 is 29.9 Å². The normalized spacial score (nSPS) is 9.80. The lowest BCUT2D eigenvalue weighted by Gasteiger charge is -2.09. The van der Waals surface area contributed by atoms with Gasteiger partial charge in [-0.05, 0) is 17.7 Å². The number of nitrogens with one attached hydrogen (secondary N) is 2. The number of amides is 2. The molecule has 0 spiro atoms. The van der Waals surface area contributed by atoms with Crippen LogP contribution in [0.25, 0.3) is 0 Å². The molecule has 5 nitrogen and oxygen atoms in total. The Morgan fingerprint density at radius 3 is 2.30 bits per heavy atom. The topological polar surface area (TPSA) is 84.2 Å². The van der Waals surface area contributed by atoms with Crippen molar-refractivity contribution in [3.63, 3.8) is 0 Å². The molecular formula is C14H22ClN3O2. The lowest BCUT2D eigenvalue weighted by Crippen LogP contribution is -2.25. The fraction of sp³-hybridized carbons (Fsp3) is 0.429. The van der Waals surface area contributed by atoms with Crippen molar-refractivity contribution in [1.82, 2.24) is 5.32 Å². The first kappa shape index (κ1) is 18.4. The van der Waals surface area contributed by atoms with Gasteiger partial charge >= 0.3 is 0 Å². The Labute approximate surface area is 125 Å². The molecule has 20 heavy (non-hydrogen) atoms. The molecule has 1 aromatic rings. The lowest BCUT2D eigenvalue weighted by atomic mass is 10.1. The predicted octanol–water partition coefficient (Wildman–Crippen LogP) is 1.67. The highest BCUT2D eigenvalue weighted by Gasteiger charge is 2.06. The standard InChI is InChI=1S/C14H21N3O2.ClH/c1-10(2)14(19)17-12-5-3-11(4-6-12)9-16-13(18)7-8-15;/h3-6,10H,7-9,15H2,1-2H3,(H,16,18)(H,17,19);1H. The smallest absolute Gasteiger partial charge is 0.226 e. The van der Waals surface area contributed by atoms with E-state index >= 15 is 0 Å². The van der Waals surface area contributed by atoms with E-state index in [1.807, 2.05) is 38.1 Å². The summed E-state index contributed by atoms with van der Waals surface area (Å²) in [5, 5.41) is 5.58. The van der Waals surface area contributed by atoms with Crippen molar-refractivity contribution in [3.8, 4) is 0 Å². The third-order valence-corrected chi connectivity index (χ3v) is 2.61. The Morgan fingerprint density at radius 1 is 1.20 bits per heavy atom. The molecule has 0 heterocycles. The molecule has 4 N–H and O–H groups in total. The lowest BCUT2D eigenvalue weighted by molar-refractivity contribution is -0.121. The van der Waals surface area contributed by atoms with E-state index < -0.39 is 0 Å². The zero-order chi connectivity index (χ0) is 14.3. The summed E-state index contributed by atoms with van der Waals surface area (Å²) in [4.78, 5) is 22.8. The van der Waals surface area contributed by atoms with Gasteiger partial charge in [0.25, 0.3) is 0 Å². The molecule has 0 aliphatic carbocycles. The molecule has 6 heteroatoms. The maximum absolute atomic E-state index is 11.5. The molecule has 0 saturated carbocycles. The zero-order valence-corrected chi connectivity index (χ0v) is 12.6. The number of rotatable bonds is 6. The first-order valence-electron chi connectivity index (χ1n) is 6.39. The highest BCUT2D eigenvalue weighted by molar-refractivity contribution is 5.92. The summed E-state index contributed by atoms with van der Waals surface area (Å²) in [6.45, 7) is 4.51. The van der Waals surface area contributed by atoms with Crippen LogP contribution in [-0.2, 0) is 16.1 Å². The van der Waals surface area contributed by atoms with Gasteiger partial charge in [0.2, 0.25) is 11.8 Å². The van der Waals surface area contributed by atoms with E-state index in [0.717, 1.165) is 11.3 Å². The number of nitrogens with two attached hydrogens (primary N) is 1. The third kappa shape index (κ3) is 6.54. The molecule has 0 aliphatic rings. The van der Waals surface area contributed by atoms with E-state index in [0.29, 0.717) is 19.5 Å². The molecule has 0 aromatic heterocycles. The van der Waals surface area contributed by atoms with Crippen LogP contribution in [0.2, 0.25) is 0 Å². The van der Waals surface area contributed by atoms with E-state index in [9.17, 15) is 9.59 Å². The Balaban J connectivity index is 0.00000361. The molecule has 0 aliphatic heterocycles. The van der Waals surface area contributed by atoms with Gasteiger partial charge in [0.15, 0.2) is 0 Å². The predicted molar refractivity (Wildman–Crippen MR) is 82.7 cm³/mol. The van der Waals surface area contributed by atoms with E-state index in [4.69, 9.17) is 5.73 Å². The molecule has 2 amide bonds. The number of hydrogen-bond acceptors (Lipinski definition) is 3. The second-order valence-electron chi connectivity index (χ2n) is 4.66. The summed E-state index contributed by atoms with van der Waals surface area (Å²) in [6.07, 6.45) is 0.336. The molecule has 0 fully saturated rings. The first-order chi connectivity index (χ1) is 9.02. The summed E-state index contributed by atoms with van der Waals surface area (Å²) >= 11 is 0. The Morgan fingerprint density at radius 2 is 1.80 bits per heavy atom. The molecule has 1 aromatic carbocycles. The number of carbonyl (C=O) groups is 2. The summed E-state index contributed by atoms with van der Waals surface area (Å²) < 4.78 is 0. The van der Waals surface area contributed by atoms with Gasteiger partial charge in [-0.25, -0.2) is 0 Å². The Bertz CT molecular complexity index is 433. The van der Waals surface area contributed by atoms with Crippen molar-refractivity contribution in [2.75, 3.05) is 11.9 Å². The first-order valence-corrected chi connectivity index (χ1v) is 6.39. The summed E-state index contributed by atoms with van der Waals surface area (Å²) in [7, 11) is 0. The van der Waals surface area contributed by atoms with Crippen LogP contribution in [0, 0.1) is 5.92 Å². The van der Waals surface area contributed by atoms with E-state index in [1.54, 1.807) is 0 Å². The SMILES string of the molecule is CC(C)C(=O)Nc1ccc(CNC(=O)CCN)cc1.Cl. The Kier molecular flexibility index (Phi) is 8.59. The maximum Gasteiger partial charge on any atom is 0.226 e. The van der Waals surface area contributed by atoms with Crippen LogP contribution >= 0.6 is 12.4 Å². The monoisotopic (exact) mass is 299 g/mol. The average Bonchev–Trinajstić information content (AvgIpc) is 2.38. The highest BCUT2D eigenvalue weighted by Crippen LogP contribution is 2.10. The molecule has 0 saturated heterocycles. The molecular weight excluding hydrogens is 278 g/mol. The van der Waals surface area contributed by atoms with Crippen LogP contribution in [-0.4, -0.2) is 18.4 Å². The van der Waals surface area contributed by atoms with Crippen LogP contribution in [0.1, 0.15) is 25.8 Å². The van der Waals surface area contributed by atoms with Gasteiger partial charge < -0.3 is 16.4 Å². The second-order valence-corrected chi connectivity index (χ2v) is 4.66. The van der Waals surface area contributed by atoms with Gasteiger partial charge in [0.05, 0.1) is 0 Å². The number of hydrogen-bond donors (Lipinski definition) is 3. The average molecular weight is 300 g/mol. The number of anilines is 1. The zero-order valence-electron chi connectivity index (χ0n) is 11.8. The van der Waals surface area contributed by atoms with Gasteiger partial charge in [-0.15, -0.1) is 12.4 Å². The van der Waals surface area contributed by atoms with Crippen molar-refractivity contribution in [3.05, 3.63) is 29.8 Å². The van der Waals surface area contributed by atoms with Crippen LogP contribution in [0.5, 0.6) is 0 Å². The number of benzene rings is 1. The van der Waals surface area contributed by atoms with Crippen LogP contribution in [0.15, 0.2) is 24.3 Å². The van der Waals surface area contributed by atoms with Crippen LogP contribution < -0.4 is 16.4 Å². The minimum Gasteiger partial charge on any atom is -0.352 e. The molecule has 0 unspecified atom stereocenters. The number of halogens is 1. The van der Waals surface area contributed by atoms with Crippen molar-refractivity contribution in [2.45, 2.75) is 26.8 Å². The fourth-order valence-corrected chi connectivity index (χ4v) is 1.41. The minimum atomic E-state index is -0.0558. The van der Waals surface area contributed by atoms with Crippen molar-refractivity contribution in [1.29, 1.82) is 0 Å². The van der Waals surface area contributed by atoms with Crippen molar-refractivity contribution < 1.29 is 9.59 Å². The largest absolute Gasteiger partial charge is 0.352 e. The van der Waals surface area contributed by atoms with Gasteiger partial charge in [-0.1, -0.05) is 26.0 Å². The second kappa shape index (κ2) is 9.34. The van der Waals surface area contributed by atoms with Gasteiger partial charge in [-0.3, -0.25) is 9.59 Å². The summed E-state index contributed by atoms with van der Waals surface area (Å²) in [5.41, 5.74) is 7.03. The third-order valence-electron chi connectivity index (χ3n) is 2.61. The van der Waals surface area contributed by atoms with Gasteiger partial charge in [0, 0.05) is 31.1 Å². The van der Waals surface area contributed by atoms with E-state index in [2.05, 4.69) is 10.6 Å². The van der Waals surface area contributed by atoms with Crippen LogP contribution in [0.3, 0.4) is 0 Å². The Hall–Kier alpha value is -1.59. The highest BCUT2D eigenvalue weighted by atomic mass is 35.5. The molecule has 0 atom stereocenters. The van der Waals surface area contributed by atoms with Crippen LogP contribution in [0.4, 0.5) is 5.69 Å². The van der Waals surface area contributed by atoms with Gasteiger partial charge in [0.1, 0.15) is 0 Å². The van der Waals surface area contributed by atoms with E-state index in [-0.39, 0.29) is 30.1 Å². The minimum absolute atomic E-state index is 0.